The second kappa shape index (κ2) is 5.55. The first-order valence-corrected chi connectivity index (χ1v) is 5.52. The fourth-order valence-corrected chi connectivity index (χ4v) is 1.63. The monoisotopic (exact) mass is 265 g/mol. The first-order chi connectivity index (χ1) is 8.70. The quantitative estimate of drug-likeness (QED) is 0.682. The van der Waals surface area contributed by atoms with Crippen LogP contribution in [0.4, 0.5) is 10.2 Å². The molecule has 0 saturated carbocycles. The van der Waals surface area contributed by atoms with Crippen LogP contribution in [0.3, 0.4) is 0 Å². The van der Waals surface area contributed by atoms with E-state index in [9.17, 15) is 9.18 Å². The Morgan fingerprint density at radius 3 is 2.94 bits per heavy atom. The molecule has 0 aliphatic carbocycles. The number of nitrogens with one attached hydrogen (secondary N) is 1. The summed E-state index contributed by atoms with van der Waals surface area (Å²) in [5.41, 5.74) is 0.928. The number of hydrogen-bond acceptors (Lipinski definition) is 4. The van der Waals surface area contributed by atoms with Crippen molar-refractivity contribution in [2.45, 2.75) is 6.54 Å². The van der Waals surface area contributed by atoms with Crippen molar-refractivity contribution in [1.82, 2.24) is 9.97 Å². The Labute approximate surface area is 108 Å². The highest BCUT2D eigenvalue weighted by Gasteiger charge is 2.08. The molecule has 1 aromatic heterocycles. The number of hydrogen-bond donors (Lipinski definition) is 1. The molecule has 0 aliphatic heterocycles. The van der Waals surface area contributed by atoms with Crippen LogP contribution in [0.5, 0.6) is 0 Å². The predicted octanol–water partition coefficient (Wildman–Crippen LogP) is 2.69. The first-order valence-electron chi connectivity index (χ1n) is 5.14. The zero-order valence-electron chi connectivity index (χ0n) is 9.23. The summed E-state index contributed by atoms with van der Waals surface area (Å²) >= 11 is 5.75. The molecular formula is C12H9ClFN3O. The molecule has 4 nitrogen and oxygen atoms in total. The van der Waals surface area contributed by atoms with Crippen LogP contribution in [0.2, 0.25) is 5.15 Å². The van der Waals surface area contributed by atoms with Crippen molar-refractivity contribution in [3.63, 3.8) is 0 Å². The van der Waals surface area contributed by atoms with Crippen LogP contribution < -0.4 is 5.32 Å². The van der Waals surface area contributed by atoms with Crippen molar-refractivity contribution in [2.24, 2.45) is 0 Å². The Bertz CT molecular complexity index is 577. The highest BCUT2D eigenvalue weighted by molar-refractivity contribution is 6.32. The number of halogens is 2. The summed E-state index contributed by atoms with van der Waals surface area (Å²) in [7, 11) is 0. The van der Waals surface area contributed by atoms with Gasteiger partial charge in [0, 0.05) is 6.54 Å². The van der Waals surface area contributed by atoms with E-state index in [-0.39, 0.29) is 16.5 Å². The molecule has 0 bridgehead atoms. The molecule has 0 unspecified atom stereocenters. The van der Waals surface area contributed by atoms with E-state index in [1.165, 1.54) is 18.5 Å². The van der Waals surface area contributed by atoms with E-state index in [1.807, 2.05) is 0 Å². The van der Waals surface area contributed by atoms with Crippen LogP contribution in [0.25, 0.3) is 0 Å². The van der Waals surface area contributed by atoms with Crippen molar-refractivity contribution in [2.75, 3.05) is 5.32 Å². The van der Waals surface area contributed by atoms with Crippen LogP contribution in [0.1, 0.15) is 15.9 Å². The molecule has 0 aliphatic rings. The molecule has 2 rings (SSSR count). The van der Waals surface area contributed by atoms with Crippen molar-refractivity contribution >= 4 is 23.7 Å². The fourth-order valence-electron chi connectivity index (χ4n) is 1.45. The van der Waals surface area contributed by atoms with E-state index in [1.54, 1.807) is 12.1 Å². The lowest BCUT2D eigenvalue weighted by atomic mass is 10.2. The molecule has 0 spiro atoms. The molecule has 0 fully saturated rings. The maximum Gasteiger partial charge on any atom is 0.156 e. The molecule has 0 radical (unpaired) electrons. The Hall–Kier alpha value is -2.01. The Morgan fingerprint density at radius 2 is 2.22 bits per heavy atom. The molecule has 1 aromatic carbocycles. The lowest BCUT2D eigenvalue weighted by Gasteiger charge is -2.08. The van der Waals surface area contributed by atoms with Gasteiger partial charge in [-0.15, -0.1) is 0 Å². The third-order valence-corrected chi connectivity index (χ3v) is 2.60. The van der Waals surface area contributed by atoms with Gasteiger partial charge in [-0.3, -0.25) is 4.79 Å². The van der Waals surface area contributed by atoms with E-state index in [2.05, 4.69) is 15.3 Å². The Morgan fingerprint density at radius 1 is 1.39 bits per heavy atom. The smallest absolute Gasteiger partial charge is 0.156 e. The fraction of sp³-hybridized carbons (Fsp3) is 0.0833. The van der Waals surface area contributed by atoms with Gasteiger partial charge < -0.3 is 5.32 Å². The number of anilines is 1. The number of aromatic nitrogens is 2. The van der Waals surface area contributed by atoms with Crippen LogP contribution in [0.15, 0.2) is 30.6 Å². The standard InChI is InChI=1S/C12H9ClFN3O/c13-11-10(6-18)12(17-7-16-11)15-5-8-2-1-3-9(14)4-8/h1-4,6-7H,5H2,(H,15,16,17). The summed E-state index contributed by atoms with van der Waals surface area (Å²) in [5, 5.41) is 3.00. The second-order valence-electron chi connectivity index (χ2n) is 3.53. The van der Waals surface area contributed by atoms with Crippen molar-refractivity contribution in [3.8, 4) is 0 Å². The summed E-state index contributed by atoms with van der Waals surface area (Å²) in [5.74, 6) is 0.0138. The van der Waals surface area contributed by atoms with Crippen LogP contribution in [0, 0.1) is 5.82 Å². The van der Waals surface area contributed by atoms with E-state index < -0.39 is 0 Å². The van der Waals surface area contributed by atoms with Gasteiger partial charge in [0.15, 0.2) is 6.29 Å². The van der Waals surface area contributed by atoms with Gasteiger partial charge in [0.25, 0.3) is 0 Å². The van der Waals surface area contributed by atoms with Gasteiger partial charge in [0.05, 0.1) is 5.56 Å². The van der Waals surface area contributed by atoms with Crippen molar-refractivity contribution in [3.05, 3.63) is 52.7 Å². The molecule has 2 aromatic rings. The minimum atomic E-state index is -0.314. The molecular weight excluding hydrogens is 257 g/mol. The highest BCUT2D eigenvalue weighted by atomic mass is 35.5. The van der Waals surface area contributed by atoms with Gasteiger partial charge in [-0.05, 0) is 17.7 Å². The van der Waals surface area contributed by atoms with E-state index in [0.717, 1.165) is 5.56 Å². The average Bonchev–Trinajstić information content (AvgIpc) is 2.36. The van der Waals surface area contributed by atoms with Gasteiger partial charge in [0.1, 0.15) is 23.1 Å². The van der Waals surface area contributed by atoms with E-state index in [0.29, 0.717) is 18.6 Å². The Kier molecular flexibility index (Phi) is 3.84. The predicted molar refractivity (Wildman–Crippen MR) is 66.2 cm³/mol. The highest BCUT2D eigenvalue weighted by Crippen LogP contribution is 2.18. The summed E-state index contributed by atoms with van der Waals surface area (Å²) < 4.78 is 13.0. The van der Waals surface area contributed by atoms with Crippen LogP contribution >= 0.6 is 11.6 Å². The molecule has 18 heavy (non-hydrogen) atoms. The summed E-state index contributed by atoms with van der Waals surface area (Å²) in [4.78, 5) is 18.5. The second-order valence-corrected chi connectivity index (χ2v) is 3.89. The summed E-state index contributed by atoms with van der Waals surface area (Å²) in [6, 6.07) is 6.14. The topological polar surface area (TPSA) is 54.9 Å². The largest absolute Gasteiger partial charge is 0.365 e. The van der Waals surface area contributed by atoms with Gasteiger partial charge in [-0.25, -0.2) is 14.4 Å². The molecule has 0 saturated heterocycles. The minimum Gasteiger partial charge on any atom is -0.365 e. The van der Waals surface area contributed by atoms with Crippen LogP contribution in [-0.4, -0.2) is 16.3 Å². The van der Waals surface area contributed by atoms with E-state index >= 15 is 0 Å². The van der Waals surface area contributed by atoms with Crippen molar-refractivity contribution < 1.29 is 9.18 Å². The summed E-state index contributed by atoms with van der Waals surface area (Å²) in [6.07, 6.45) is 1.83. The van der Waals surface area contributed by atoms with E-state index in [4.69, 9.17) is 11.6 Å². The molecule has 0 atom stereocenters. The average molecular weight is 266 g/mol. The third kappa shape index (κ3) is 2.81. The number of rotatable bonds is 4. The maximum absolute atomic E-state index is 13.0. The normalized spacial score (nSPS) is 10.1. The summed E-state index contributed by atoms with van der Waals surface area (Å²) in [6.45, 7) is 0.339. The van der Waals surface area contributed by atoms with Crippen LogP contribution in [-0.2, 0) is 6.54 Å². The molecule has 1 heterocycles. The zero-order chi connectivity index (χ0) is 13.0. The minimum absolute atomic E-state index is 0.0849. The molecule has 92 valence electrons. The third-order valence-electron chi connectivity index (χ3n) is 2.30. The SMILES string of the molecule is O=Cc1c(Cl)ncnc1NCc1cccc(F)c1. The first kappa shape index (κ1) is 12.4. The van der Waals surface area contributed by atoms with Crippen molar-refractivity contribution in [1.29, 1.82) is 0 Å². The number of carbonyl (C=O) groups excluding carboxylic acids is 1. The van der Waals surface area contributed by atoms with Gasteiger partial charge >= 0.3 is 0 Å². The lowest BCUT2D eigenvalue weighted by Crippen LogP contribution is -2.05. The molecule has 1 N–H and O–H groups in total. The Balaban J connectivity index is 2.15. The maximum atomic E-state index is 13.0. The number of nitrogens with zero attached hydrogens (tertiary/aromatic N) is 2. The molecule has 0 amide bonds. The lowest BCUT2D eigenvalue weighted by molar-refractivity contribution is 0.112. The molecule has 6 heteroatoms. The number of aldehydes is 1. The number of carbonyl (C=O) groups is 1. The van der Waals surface area contributed by atoms with Gasteiger partial charge in [-0.2, -0.15) is 0 Å². The van der Waals surface area contributed by atoms with Gasteiger partial charge in [0.2, 0.25) is 0 Å². The number of benzene rings is 1. The van der Waals surface area contributed by atoms with Gasteiger partial charge in [-0.1, -0.05) is 23.7 Å². The zero-order valence-corrected chi connectivity index (χ0v) is 9.99.